The number of nitrogens with zero attached hydrogens (tertiary/aromatic N) is 1. The molecule has 0 aliphatic heterocycles. The van der Waals surface area contributed by atoms with E-state index < -0.39 is 0 Å². The van der Waals surface area contributed by atoms with Crippen LogP contribution in [0.15, 0.2) is 35.1 Å². The average molecular weight is 295 g/mol. The van der Waals surface area contributed by atoms with Gasteiger partial charge in [0.2, 0.25) is 5.76 Å². The molecule has 0 unspecified atom stereocenters. The van der Waals surface area contributed by atoms with Gasteiger partial charge in [0.05, 0.1) is 5.69 Å². The van der Waals surface area contributed by atoms with E-state index in [1.54, 1.807) is 6.92 Å². The van der Waals surface area contributed by atoms with Crippen LogP contribution >= 0.6 is 15.9 Å². The maximum absolute atomic E-state index is 11.8. The second kappa shape index (κ2) is 5.14. The summed E-state index contributed by atoms with van der Waals surface area (Å²) in [5, 5.41) is 3.51. The Hall–Kier alpha value is -1.62. The fourth-order valence-corrected chi connectivity index (χ4v) is 1.79. The smallest absolute Gasteiger partial charge is 0.293 e. The highest BCUT2D eigenvalue weighted by atomic mass is 79.9. The number of alkyl halides is 1. The van der Waals surface area contributed by atoms with Gasteiger partial charge in [-0.05, 0) is 24.6 Å². The van der Waals surface area contributed by atoms with Crippen LogP contribution in [-0.4, -0.2) is 10.9 Å². The standard InChI is InChI=1S/C12H11BrN2O2/c1-8-11(17-7-14-8)12(16)15-10-4-2-3-9(5-10)6-13/h2-5,7H,6H2,1H3,(H,15,16). The summed E-state index contributed by atoms with van der Waals surface area (Å²) in [6.45, 7) is 1.73. The molecule has 5 heteroatoms. The molecule has 2 aromatic rings. The predicted octanol–water partition coefficient (Wildman–Crippen LogP) is 3.13. The predicted molar refractivity (Wildman–Crippen MR) is 68.3 cm³/mol. The number of amides is 1. The Labute approximate surface area is 107 Å². The van der Waals surface area contributed by atoms with Crippen LogP contribution in [0.5, 0.6) is 0 Å². The summed E-state index contributed by atoms with van der Waals surface area (Å²) in [6, 6.07) is 7.59. The van der Waals surface area contributed by atoms with Crippen molar-refractivity contribution in [1.82, 2.24) is 4.98 Å². The summed E-state index contributed by atoms with van der Waals surface area (Å²) in [5.74, 6) is -0.0408. The van der Waals surface area contributed by atoms with Gasteiger partial charge in [-0.1, -0.05) is 28.1 Å². The number of anilines is 1. The normalized spacial score (nSPS) is 10.2. The SMILES string of the molecule is Cc1ncoc1C(=O)Nc1cccc(CBr)c1. The number of nitrogens with one attached hydrogen (secondary N) is 1. The Balaban J connectivity index is 2.16. The zero-order valence-corrected chi connectivity index (χ0v) is 10.8. The third kappa shape index (κ3) is 2.74. The highest BCUT2D eigenvalue weighted by Gasteiger charge is 2.13. The number of carbonyl (C=O) groups excluding carboxylic acids is 1. The van der Waals surface area contributed by atoms with Crippen LogP contribution in [0.25, 0.3) is 0 Å². The minimum atomic E-state index is -0.285. The molecule has 2 rings (SSSR count). The van der Waals surface area contributed by atoms with Gasteiger partial charge in [-0.15, -0.1) is 0 Å². The van der Waals surface area contributed by atoms with E-state index in [9.17, 15) is 4.79 Å². The number of hydrogen-bond acceptors (Lipinski definition) is 3. The molecule has 0 saturated carbocycles. The first-order chi connectivity index (χ1) is 8.20. The molecule has 0 spiro atoms. The highest BCUT2D eigenvalue weighted by molar-refractivity contribution is 9.08. The molecule has 1 aromatic heterocycles. The number of carbonyl (C=O) groups is 1. The molecular formula is C12H11BrN2O2. The van der Waals surface area contributed by atoms with Gasteiger partial charge in [0.1, 0.15) is 0 Å². The maximum Gasteiger partial charge on any atom is 0.293 e. The first-order valence-corrected chi connectivity index (χ1v) is 6.19. The van der Waals surface area contributed by atoms with Crippen molar-refractivity contribution < 1.29 is 9.21 Å². The van der Waals surface area contributed by atoms with Crippen LogP contribution in [0.4, 0.5) is 5.69 Å². The second-order valence-electron chi connectivity index (χ2n) is 3.56. The molecule has 1 heterocycles. The lowest BCUT2D eigenvalue weighted by molar-refractivity contribution is 0.0996. The number of benzene rings is 1. The molecule has 0 aliphatic rings. The van der Waals surface area contributed by atoms with Gasteiger partial charge in [-0.25, -0.2) is 4.98 Å². The highest BCUT2D eigenvalue weighted by Crippen LogP contribution is 2.15. The lowest BCUT2D eigenvalue weighted by atomic mass is 10.2. The summed E-state index contributed by atoms with van der Waals surface area (Å²) in [5.41, 5.74) is 2.42. The summed E-state index contributed by atoms with van der Waals surface area (Å²) >= 11 is 3.37. The Morgan fingerprint density at radius 1 is 1.53 bits per heavy atom. The third-order valence-corrected chi connectivity index (χ3v) is 2.94. The first-order valence-electron chi connectivity index (χ1n) is 5.07. The van der Waals surface area contributed by atoms with E-state index in [0.29, 0.717) is 5.69 Å². The summed E-state index contributed by atoms with van der Waals surface area (Å²) in [6.07, 6.45) is 1.26. The van der Waals surface area contributed by atoms with Crippen LogP contribution in [0.2, 0.25) is 0 Å². The van der Waals surface area contributed by atoms with Gasteiger partial charge in [0.15, 0.2) is 6.39 Å². The van der Waals surface area contributed by atoms with Crippen molar-refractivity contribution in [1.29, 1.82) is 0 Å². The van der Waals surface area contributed by atoms with Crippen molar-refractivity contribution in [3.63, 3.8) is 0 Å². The molecule has 0 atom stereocenters. The molecule has 0 radical (unpaired) electrons. The number of halogens is 1. The molecular weight excluding hydrogens is 284 g/mol. The monoisotopic (exact) mass is 294 g/mol. The van der Waals surface area contributed by atoms with Gasteiger partial charge in [0.25, 0.3) is 5.91 Å². The van der Waals surface area contributed by atoms with Gasteiger partial charge in [-0.3, -0.25) is 4.79 Å². The molecule has 17 heavy (non-hydrogen) atoms. The molecule has 1 N–H and O–H groups in total. The average Bonchev–Trinajstić information content (AvgIpc) is 2.76. The van der Waals surface area contributed by atoms with Crippen LogP contribution in [0, 0.1) is 6.92 Å². The number of aryl methyl sites for hydroxylation is 1. The molecule has 0 fully saturated rings. The zero-order valence-electron chi connectivity index (χ0n) is 9.24. The molecule has 1 amide bonds. The summed E-state index contributed by atoms with van der Waals surface area (Å²) in [4.78, 5) is 15.7. The number of hydrogen-bond donors (Lipinski definition) is 1. The molecule has 4 nitrogen and oxygen atoms in total. The van der Waals surface area contributed by atoms with E-state index in [0.717, 1.165) is 16.6 Å². The number of oxazole rings is 1. The number of aromatic nitrogens is 1. The summed E-state index contributed by atoms with van der Waals surface area (Å²) < 4.78 is 5.02. The van der Waals surface area contributed by atoms with Crippen molar-refractivity contribution in [3.05, 3.63) is 47.7 Å². The molecule has 1 aromatic carbocycles. The van der Waals surface area contributed by atoms with Gasteiger partial charge in [-0.2, -0.15) is 0 Å². The molecule has 0 saturated heterocycles. The third-order valence-electron chi connectivity index (χ3n) is 2.29. The Kier molecular flexibility index (Phi) is 3.58. The second-order valence-corrected chi connectivity index (χ2v) is 4.12. The van der Waals surface area contributed by atoms with E-state index in [2.05, 4.69) is 26.2 Å². The van der Waals surface area contributed by atoms with Gasteiger partial charge >= 0.3 is 0 Å². The van der Waals surface area contributed by atoms with Crippen molar-refractivity contribution in [2.75, 3.05) is 5.32 Å². The Morgan fingerprint density at radius 2 is 2.35 bits per heavy atom. The van der Waals surface area contributed by atoms with Gasteiger partial charge < -0.3 is 9.73 Å². The molecule has 88 valence electrons. The zero-order chi connectivity index (χ0) is 12.3. The fourth-order valence-electron chi connectivity index (χ4n) is 1.44. The lowest BCUT2D eigenvalue weighted by Gasteiger charge is -2.04. The maximum atomic E-state index is 11.8. The minimum Gasteiger partial charge on any atom is -0.438 e. The lowest BCUT2D eigenvalue weighted by Crippen LogP contribution is -2.12. The van der Waals surface area contributed by atoms with Crippen LogP contribution < -0.4 is 5.32 Å². The van der Waals surface area contributed by atoms with E-state index >= 15 is 0 Å². The first kappa shape index (κ1) is 11.9. The quantitative estimate of drug-likeness (QED) is 0.885. The fraction of sp³-hybridized carbons (Fsp3) is 0.167. The van der Waals surface area contributed by atoms with Crippen LogP contribution in [0.1, 0.15) is 21.8 Å². The van der Waals surface area contributed by atoms with Crippen molar-refractivity contribution in [2.45, 2.75) is 12.3 Å². The minimum absolute atomic E-state index is 0.245. The van der Waals surface area contributed by atoms with Gasteiger partial charge in [0, 0.05) is 11.0 Å². The van der Waals surface area contributed by atoms with Crippen molar-refractivity contribution in [3.8, 4) is 0 Å². The van der Waals surface area contributed by atoms with E-state index in [-0.39, 0.29) is 11.7 Å². The van der Waals surface area contributed by atoms with Crippen molar-refractivity contribution >= 4 is 27.5 Å². The topological polar surface area (TPSA) is 55.1 Å². The summed E-state index contributed by atoms with van der Waals surface area (Å²) in [7, 11) is 0. The van der Waals surface area contributed by atoms with Crippen molar-refractivity contribution in [2.24, 2.45) is 0 Å². The van der Waals surface area contributed by atoms with Crippen LogP contribution in [-0.2, 0) is 5.33 Å². The number of rotatable bonds is 3. The van der Waals surface area contributed by atoms with E-state index in [1.807, 2.05) is 24.3 Å². The molecule has 0 bridgehead atoms. The van der Waals surface area contributed by atoms with E-state index in [1.165, 1.54) is 6.39 Å². The van der Waals surface area contributed by atoms with E-state index in [4.69, 9.17) is 4.42 Å². The van der Waals surface area contributed by atoms with Crippen LogP contribution in [0.3, 0.4) is 0 Å². The Morgan fingerprint density at radius 3 is 3.00 bits per heavy atom. The molecule has 0 aliphatic carbocycles. The largest absolute Gasteiger partial charge is 0.438 e. The Bertz CT molecular complexity index is 537.